The van der Waals surface area contributed by atoms with Gasteiger partial charge >= 0.3 is 6.18 Å². The zero-order valence-electron chi connectivity index (χ0n) is 9.57. The first-order valence-electron chi connectivity index (χ1n) is 5.11. The Bertz CT molecular complexity index is 457. The Kier molecular flexibility index (Phi) is 4.15. The molecular weight excluding hydrogens is 252 g/mol. The summed E-state index contributed by atoms with van der Waals surface area (Å²) < 4.78 is 48.7. The molecule has 18 heavy (non-hydrogen) atoms. The second-order valence-corrected chi connectivity index (χ2v) is 3.81. The summed E-state index contributed by atoms with van der Waals surface area (Å²) in [7, 11) is 0. The lowest BCUT2D eigenvalue weighted by Gasteiger charge is -2.10. The molecule has 100 valence electrons. The number of benzene rings is 1. The third kappa shape index (κ3) is 3.90. The maximum atomic E-state index is 13.0. The summed E-state index contributed by atoms with van der Waals surface area (Å²) in [5.41, 5.74) is 5.45. The van der Waals surface area contributed by atoms with E-state index in [1.165, 1.54) is 6.92 Å². The number of alkyl halides is 3. The SMILES string of the molecule is Cc1cc(F)c(N)cc1C(=O)NCCC(F)(F)F. The number of nitrogens with one attached hydrogen (secondary N) is 1. The van der Waals surface area contributed by atoms with E-state index in [1.807, 2.05) is 0 Å². The van der Waals surface area contributed by atoms with E-state index in [0.29, 0.717) is 5.56 Å². The molecule has 1 aromatic rings. The minimum Gasteiger partial charge on any atom is -0.396 e. The van der Waals surface area contributed by atoms with Gasteiger partial charge in [0.2, 0.25) is 0 Å². The molecule has 0 fully saturated rings. The lowest BCUT2D eigenvalue weighted by Crippen LogP contribution is -2.28. The van der Waals surface area contributed by atoms with Crippen molar-refractivity contribution in [1.29, 1.82) is 0 Å². The smallest absolute Gasteiger partial charge is 0.390 e. The molecule has 0 unspecified atom stereocenters. The number of nitrogen functional groups attached to an aromatic ring is 1. The van der Waals surface area contributed by atoms with Crippen molar-refractivity contribution in [3.63, 3.8) is 0 Å². The van der Waals surface area contributed by atoms with Crippen LogP contribution in [0.1, 0.15) is 22.3 Å². The Hall–Kier alpha value is -1.79. The molecule has 0 heterocycles. The van der Waals surface area contributed by atoms with E-state index in [1.54, 1.807) is 0 Å². The minimum atomic E-state index is -4.33. The van der Waals surface area contributed by atoms with Crippen LogP contribution in [0.3, 0.4) is 0 Å². The summed E-state index contributed by atoms with van der Waals surface area (Å²) >= 11 is 0. The average Bonchev–Trinajstić information content (AvgIpc) is 2.21. The molecule has 0 aliphatic carbocycles. The molecule has 0 bridgehead atoms. The summed E-state index contributed by atoms with van der Waals surface area (Å²) in [4.78, 5) is 11.6. The second kappa shape index (κ2) is 5.24. The van der Waals surface area contributed by atoms with Gasteiger partial charge in [0.1, 0.15) is 5.82 Å². The Morgan fingerprint density at radius 3 is 2.56 bits per heavy atom. The van der Waals surface area contributed by atoms with Crippen molar-refractivity contribution < 1.29 is 22.4 Å². The maximum Gasteiger partial charge on any atom is 0.390 e. The Morgan fingerprint density at radius 2 is 2.00 bits per heavy atom. The van der Waals surface area contributed by atoms with Crippen molar-refractivity contribution in [2.24, 2.45) is 0 Å². The summed E-state index contributed by atoms with van der Waals surface area (Å²) in [6, 6.07) is 2.17. The number of aryl methyl sites for hydroxylation is 1. The van der Waals surface area contributed by atoms with Gasteiger partial charge in [0.25, 0.3) is 5.91 Å². The summed E-state index contributed by atoms with van der Waals surface area (Å²) in [6.07, 6.45) is -5.45. The summed E-state index contributed by atoms with van der Waals surface area (Å²) in [5.74, 6) is -1.37. The van der Waals surface area contributed by atoms with E-state index in [0.717, 1.165) is 12.1 Å². The van der Waals surface area contributed by atoms with Crippen LogP contribution in [0.5, 0.6) is 0 Å². The molecule has 0 aliphatic rings. The number of hydrogen-bond donors (Lipinski definition) is 2. The quantitative estimate of drug-likeness (QED) is 0.650. The molecule has 0 saturated carbocycles. The molecule has 0 aromatic heterocycles. The van der Waals surface area contributed by atoms with Gasteiger partial charge < -0.3 is 11.1 Å². The standard InChI is InChI=1S/C11H12F4N2O/c1-6-4-8(12)9(16)5-7(6)10(18)17-3-2-11(13,14)15/h4-5H,2-3,16H2,1H3,(H,17,18). The van der Waals surface area contributed by atoms with Crippen LogP contribution in [0.25, 0.3) is 0 Å². The Balaban J connectivity index is 2.70. The van der Waals surface area contributed by atoms with Crippen LogP contribution >= 0.6 is 0 Å². The number of carbonyl (C=O) groups excluding carboxylic acids is 1. The largest absolute Gasteiger partial charge is 0.396 e. The molecule has 1 rings (SSSR count). The van der Waals surface area contributed by atoms with Crippen molar-refractivity contribution in [2.45, 2.75) is 19.5 Å². The first-order chi connectivity index (χ1) is 8.20. The van der Waals surface area contributed by atoms with Crippen LogP contribution < -0.4 is 11.1 Å². The van der Waals surface area contributed by atoms with Crippen LogP contribution in [-0.2, 0) is 0 Å². The predicted octanol–water partition coefficient (Wildman–Crippen LogP) is 2.40. The zero-order valence-corrected chi connectivity index (χ0v) is 9.57. The van der Waals surface area contributed by atoms with Gasteiger partial charge in [-0.25, -0.2) is 4.39 Å². The van der Waals surface area contributed by atoms with Crippen LogP contribution in [0, 0.1) is 12.7 Å². The molecule has 0 aliphatic heterocycles. The third-order valence-corrected chi connectivity index (χ3v) is 2.28. The number of anilines is 1. The minimum absolute atomic E-state index is 0.0658. The van der Waals surface area contributed by atoms with Gasteiger partial charge in [-0.15, -0.1) is 0 Å². The first-order valence-corrected chi connectivity index (χ1v) is 5.11. The van der Waals surface area contributed by atoms with Gasteiger partial charge in [-0.3, -0.25) is 4.79 Å². The first kappa shape index (κ1) is 14.3. The summed E-state index contributed by atoms with van der Waals surface area (Å²) in [6.45, 7) is 0.945. The molecule has 3 nitrogen and oxygen atoms in total. The monoisotopic (exact) mass is 264 g/mol. The van der Waals surface area contributed by atoms with Crippen LogP contribution in [-0.4, -0.2) is 18.6 Å². The molecule has 3 N–H and O–H groups in total. The van der Waals surface area contributed by atoms with Gasteiger partial charge in [-0.05, 0) is 24.6 Å². The van der Waals surface area contributed by atoms with E-state index in [9.17, 15) is 22.4 Å². The third-order valence-electron chi connectivity index (χ3n) is 2.28. The molecule has 1 amide bonds. The van der Waals surface area contributed by atoms with Crippen molar-refractivity contribution in [3.8, 4) is 0 Å². The van der Waals surface area contributed by atoms with Crippen molar-refractivity contribution in [3.05, 3.63) is 29.1 Å². The topological polar surface area (TPSA) is 55.1 Å². The highest BCUT2D eigenvalue weighted by Gasteiger charge is 2.26. The number of hydrogen-bond acceptors (Lipinski definition) is 2. The van der Waals surface area contributed by atoms with E-state index in [2.05, 4.69) is 5.32 Å². The number of carbonyl (C=O) groups is 1. The zero-order chi connectivity index (χ0) is 13.9. The van der Waals surface area contributed by atoms with Crippen molar-refractivity contribution in [2.75, 3.05) is 12.3 Å². The molecule has 7 heteroatoms. The average molecular weight is 264 g/mol. The maximum absolute atomic E-state index is 13.0. The highest BCUT2D eigenvalue weighted by Crippen LogP contribution is 2.19. The van der Waals surface area contributed by atoms with Gasteiger partial charge in [0, 0.05) is 12.1 Å². The molecule has 0 spiro atoms. The Labute approximate surface area is 101 Å². The van der Waals surface area contributed by atoms with Gasteiger partial charge in [0.15, 0.2) is 0 Å². The van der Waals surface area contributed by atoms with E-state index < -0.39 is 30.9 Å². The normalized spacial score (nSPS) is 11.4. The Morgan fingerprint density at radius 1 is 1.39 bits per heavy atom. The molecule has 1 aromatic carbocycles. The number of halogens is 4. The fourth-order valence-electron chi connectivity index (χ4n) is 1.35. The molecule has 0 atom stereocenters. The predicted molar refractivity (Wildman–Crippen MR) is 58.6 cm³/mol. The number of nitrogens with two attached hydrogens (primary N) is 1. The number of rotatable bonds is 3. The van der Waals surface area contributed by atoms with E-state index in [4.69, 9.17) is 5.73 Å². The van der Waals surface area contributed by atoms with Crippen molar-refractivity contribution >= 4 is 11.6 Å². The van der Waals surface area contributed by atoms with Crippen LogP contribution in [0.2, 0.25) is 0 Å². The van der Waals surface area contributed by atoms with Gasteiger partial charge in [0.05, 0.1) is 12.1 Å². The molecule has 0 saturated heterocycles. The summed E-state index contributed by atoms with van der Waals surface area (Å²) in [5, 5.41) is 2.11. The van der Waals surface area contributed by atoms with Crippen LogP contribution in [0.15, 0.2) is 12.1 Å². The lowest BCUT2D eigenvalue weighted by atomic mass is 10.1. The van der Waals surface area contributed by atoms with E-state index in [-0.39, 0.29) is 11.3 Å². The highest BCUT2D eigenvalue weighted by molar-refractivity contribution is 5.96. The number of amides is 1. The molecule has 0 radical (unpaired) electrons. The fourth-order valence-corrected chi connectivity index (χ4v) is 1.35. The van der Waals surface area contributed by atoms with Crippen LogP contribution in [0.4, 0.5) is 23.2 Å². The lowest BCUT2D eigenvalue weighted by molar-refractivity contribution is -0.132. The van der Waals surface area contributed by atoms with E-state index >= 15 is 0 Å². The molecular formula is C11H12F4N2O. The fraction of sp³-hybridized carbons (Fsp3) is 0.364. The second-order valence-electron chi connectivity index (χ2n) is 3.81. The van der Waals surface area contributed by atoms with Gasteiger partial charge in [-0.1, -0.05) is 0 Å². The van der Waals surface area contributed by atoms with Gasteiger partial charge in [-0.2, -0.15) is 13.2 Å². The highest BCUT2D eigenvalue weighted by atomic mass is 19.4. The van der Waals surface area contributed by atoms with Crippen molar-refractivity contribution in [1.82, 2.24) is 5.32 Å².